The molecule has 5 heteroatoms. The highest BCUT2D eigenvalue weighted by molar-refractivity contribution is 5.86. The minimum atomic E-state index is -1.02. The maximum absolute atomic E-state index is 11.2. The third-order valence-corrected chi connectivity index (χ3v) is 2.19. The Balaban J connectivity index is 4.38. The van der Waals surface area contributed by atoms with Gasteiger partial charge in [-0.05, 0) is 12.8 Å². The Hall–Kier alpha value is -1.10. The molecule has 0 rings (SSSR count). The van der Waals surface area contributed by atoms with Crippen LogP contribution in [0.15, 0.2) is 0 Å². The van der Waals surface area contributed by atoms with Crippen LogP contribution in [0.25, 0.3) is 0 Å². The van der Waals surface area contributed by atoms with Crippen LogP contribution in [-0.2, 0) is 9.59 Å². The Bertz CT molecular complexity index is 216. The number of amides is 1. The van der Waals surface area contributed by atoms with Crippen LogP contribution in [0.3, 0.4) is 0 Å². The topological polar surface area (TPSA) is 92.4 Å². The van der Waals surface area contributed by atoms with E-state index in [0.29, 0.717) is 6.42 Å². The van der Waals surface area contributed by atoms with Gasteiger partial charge in [-0.2, -0.15) is 0 Å². The largest absolute Gasteiger partial charge is 0.480 e. The fraction of sp³-hybridized carbons (Fsp3) is 0.778. The summed E-state index contributed by atoms with van der Waals surface area (Å²) in [5.41, 5.74) is 5.32. The van der Waals surface area contributed by atoms with Gasteiger partial charge in [-0.1, -0.05) is 20.3 Å². The summed E-state index contributed by atoms with van der Waals surface area (Å²) in [5, 5.41) is 11.3. The lowest BCUT2D eigenvalue weighted by Gasteiger charge is -2.20. The highest BCUT2D eigenvalue weighted by Crippen LogP contribution is 2.07. The molecule has 82 valence electrons. The van der Waals surface area contributed by atoms with Crippen molar-refractivity contribution in [1.29, 1.82) is 0 Å². The number of nitrogens with one attached hydrogen (secondary N) is 1. The van der Waals surface area contributed by atoms with E-state index in [1.54, 1.807) is 6.92 Å². The molecule has 14 heavy (non-hydrogen) atoms. The van der Waals surface area contributed by atoms with Crippen LogP contribution < -0.4 is 11.1 Å². The minimum absolute atomic E-state index is 0.102. The zero-order chi connectivity index (χ0) is 11.3. The molecule has 0 aliphatic rings. The molecule has 3 atom stereocenters. The zero-order valence-electron chi connectivity index (χ0n) is 8.78. The molecule has 0 aromatic rings. The van der Waals surface area contributed by atoms with Gasteiger partial charge >= 0.3 is 5.97 Å². The molecule has 4 N–H and O–H groups in total. The molecule has 0 radical (unpaired) electrons. The standard InChI is InChI=1S/C9H18N2O3/c1-4-5(2)7(9(13)14)11-8(12)6(3)10/h5-7H,4,10H2,1-3H3,(H,11,12)(H,13,14)/t5-,6-,7+/m1/s1. The number of carboxylic acid groups (broad SMARTS) is 1. The summed E-state index contributed by atoms with van der Waals surface area (Å²) in [5.74, 6) is -1.55. The number of hydrogen-bond donors (Lipinski definition) is 3. The number of rotatable bonds is 5. The van der Waals surface area contributed by atoms with Crippen LogP contribution in [0.2, 0.25) is 0 Å². The fourth-order valence-electron chi connectivity index (χ4n) is 0.968. The zero-order valence-corrected chi connectivity index (χ0v) is 8.78. The molecule has 0 heterocycles. The van der Waals surface area contributed by atoms with Gasteiger partial charge < -0.3 is 16.2 Å². The van der Waals surface area contributed by atoms with E-state index >= 15 is 0 Å². The highest BCUT2D eigenvalue weighted by atomic mass is 16.4. The Morgan fingerprint density at radius 2 is 1.93 bits per heavy atom. The second-order valence-electron chi connectivity index (χ2n) is 3.50. The smallest absolute Gasteiger partial charge is 0.326 e. The third kappa shape index (κ3) is 3.74. The van der Waals surface area contributed by atoms with Crippen LogP contribution in [0.5, 0.6) is 0 Å². The molecular formula is C9H18N2O3. The number of nitrogens with two attached hydrogens (primary N) is 1. The molecule has 0 aliphatic carbocycles. The van der Waals surface area contributed by atoms with Crippen LogP contribution in [-0.4, -0.2) is 29.1 Å². The molecule has 0 saturated heterocycles. The van der Waals surface area contributed by atoms with Crippen molar-refractivity contribution in [1.82, 2.24) is 5.32 Å². The molecule has 0 fully saturated rings. The van der Waals surface area contributed by atoms with Gasteiger partial charge in [0.05, 0.1) is 6.04 Å². The van der Waals surface area contributed by atoms with E-state index < -0.39 is 24.0 Å². The first-order valence-corrected chi connectivity index (χ1v) is 4.68. The van der Waals surface area contributed by atoms with Crippen molar-refractivity contribution < 1.29 is 14.7 Å². The number of carbonyl (C=O) groups is 2. The maximum Gasteiger partial charge on any atom is 0.326 e. The number of aliphatic carboxylic acids is 1. The highest BCUT2D eigenvalue weighted by Gasteiger charge is 2.25. The minimum Gasteiger partial charge on any atom is -0.480 e. The average molecular weight is 202 g/mol. The lowest BCUT2D eigenvalue weighted by Crippen LogP contribution is -2.50. The van der Waals surface area contributed by atoms with Crippen molar-refractivity contribution in [2.75, 3.05) is 0 Å². The average Bonchev–Trinajstić information content (AvgIpc) is 2.11. The Morgan fingerprint density at radius 1 is 1.43 bits per heavy atom. The van der Waals surface area contributed by atoms with Gasteiger partial charge in [-0.3, -0.25) is 4.79 Å². The van der Waals surface area contributed by atoms with Gasteiger partial charge in [0.2, 0.25) is 5.91 Å². The van der Waals surface area contributed by atoms with Crippen LogP contribution >= 0.6 is 0 Å². The van der Waals surface area contributed by atoms with Crippen molar-refractivity contribution in [3.8, 4) is 0 Å². The number of carboxylic acids is 1. The van der Waals surface area contributed by atoms with Gasteiger partial charge in [0.15, 0.2) is 0 Å². The predicted octanol–water partition coefficient (Wildman–Crippen LogP) is -0.0509. The molecule has 0 aromatic heterocycles. The predicted molar refractivity (Wildman–Crippen MR) is 52.7 cm³/mol. The van der Waals surface area contributed by atoms with Gasteiger partial charge in [0, 0.05) is 0 Å². The van der Waals surface area contributed by atoms with Crippen molar-refractivity contribution in [3.05, 3.63) is 0 Å². The molecular weight excluding hydrogens is 184 g/mol. The van der Waals surface area contributed by atoms with E-state index in [0.717, 1.165) is 0 Å². The normalized spacial score (nSPS) is 16.9. The monoisotopic (exact) mass is 202 g/mol. The Kier molecular flexibility index (Phi) is 5.15. The van der Waals surface area contributed by atoms with Gasteiger partial charge in [0.25, 0.3) is 0 Å². The SMILES string of the molecule is CC[C@@H](C)[C@H](NC(=O)[C@@H](C)N)C(=O)O. The summed E-state index contributed by atoms with van der Waals surface area (Å²) in [4.78, 5) is 22.0. The number of hydrogen-bond acceptors (Lipinski definition) is 3. The van der Waals surface area contributed by atoms with Crippen molar-refractivity contribution in [2.45, 2.75) is 39.3 Å². The lowest BCUT2D eigenvalue weighted by atomic mass is 9.99. The number of carbonyl (C=O) groups excluding carboxylic acids is 1. The summed E-state index contributed by atoms with van der Waals surface area (Å²) >= 11 is 0. The summed E-state index contributed by atoms with van der Waals surface area (Å²) in [7, 11) is 0. The molecule has 0 aromatic carbocycles. The van der Waals surface area contributed by atoms with E-state index in [2.05, 4.69) is 5.32 Å². The first kappa shape index (κ1) is 12.9. The lowest BCUT2D eigenvalue weighted by molar-refractivity contribution is -0.143. The summed E-state index contributed by atoms with van der Waals surface area (Å²) in [6.07, 6.45) is 0.691. The van der Waals surface area contributed by atoms with Crippen molar-refractivity contribution >= 4 is 11.9 Å². The molecule has 0 saturated carbocycles. The van der Waals surface area contributed by atoms with Crippen LogP contribution in [0.1, 0.15) is 27.2 Å². The van der Waals surface area contributed by atoms with Crippen LogP contribution in [0, 0.1) is 5.92 Å². The summed E-state index contributed by atoms with van der Waals surface area (Å²) in [6.45, 7) is 5.17. The van der Waals surface area contributed by atoms with E-state index in [-0.39, 0.29) is 5.92 Å². The fourth-order valence-corrected chi connectivity index (χ4v) is 0.968. The molecule has 0 aliphatic heterocycles. The van der Waals surface area contributed by atoms with E-state index in [9.17, 15) is 9.59 Å². The second-order valence-corrected chi connectivity index (χ2v) is 3.50. The maximum atomic E-state index is 11.2. The Labute approximate surface area is 83.7 Å². The first-order valence-electron chi connectivity index (χ1n) is 4.68. The van der Waals surface area contributed by atoms with Crippen molar-refractivity contribution in [3.63, 3.8) is 0 Å². The quantitative estimate of drug-likeness (QED) is 0.582. The third-order valence-electron chi connectivity index (χ3n) is 2.19. The van der Waals surface area contributed by atoms with E-state index in [4.69, 9.17) is 10.8 Å². The molecule has 0 bridgehead atoms. The molecule has 0 spiro atoms. The molecule has 0 unspecified atom stereocenters. The second kappa shape index (κ2) is 5.59. The van der Waals surface area contributed by atoms with Gasteiger partial charge in [0.1, 0.15) is 6.04 Å². The molecule has 1 amide bonds. The van der Waals surface area contributed by atoms with Crippen LogP contribution in [0.4, 0.5) is 0 Å². The summed E-state index contributed by atoms with van der Waals surface area (Å²) < 4.78 is 0. The van der Waals surface area contributed by atoms with E-state index in [1.165, 1.54) is 6.92 Å². The van der Waals surface area contributed by atoms with E-state index in [1.807, 2.05) is 6.92 Å². The van der Waals surface area contributed by atoms with Crippen molar-refractivity contribution in [2.24, 2.45) is 11.7 Å². The Morgan fingerprint density at radius 3 is 2.21 bits per heavy atom. The summed E-state index contributed by atoms with van der Waals surface area (Å²) in [6, 6.07) is -1.53. The van der Waals surface area contributed by atoms with Gasteiger partial charge in [-0.15, -0.1) is 0 Å². The first-order chi connectivity index (χ1) is 6.40. The van der Waals surface area contributed by atoms with Gasteiger partial charge in [-0.25, -0.2) is 4.79 Å². The molecule has 5 nitrogen and oxygen atoms in total.